The molecule has 0 radical (unpaired) electrons. The minimum absolute atomic E-state index is 0.303. The average Bonchev–Trinajstić information content (AvgIpc) is 2.44. The number of carbonyl (C=O) groups is 1. The molecule has 21 heavy (non-hydrogen) atoms. The number of fused-ring (bicyclic) bond motifs is 1. The molecule has 0 aliphatic carbocycles. The Morgan fingerprint density at radius 2 is 2.10 bits per heavy atom. The van der Waals surface area contributed by atoms with Crippen molar-refractivity contribution in [3.05, 3.63) is 35.9 Å². The van der Waals surface area contributed by atoms with E-state index in [1.54, 1.807) is 12.1 Å². The number of aromatic nitrogens is 1. The van der Waals surface area contributed by atoms with E-state index < -0.39 is 5.97 Å². The molecule has 0 amide bonds. The standard InChI is InChI=1S/C17H20N2O2/c1-17(2)9-4-10-19(11-17)15-8-7-12-13(16(20)21)5-3-6-14(12)18-15/h3,5-8H,4,9-11H2,1-2H3,(H,20,21). The molecule has 0 unspecified atom stereocenters. The number of carboxylic acid groups (broad SMARTS) is 1. The van der Waals surface area contributed by atoms with Gasteiger partial charge in [-0.15, -0.1) is 0 Å². The molecule has 110 valence electrons. The van der Waals surface area contributed by atoms with Gasteiger partial charge in [0, 0.05) is 18.5 Å². The predicted molar refractivity (Wildman–Crippen MR) is 83.9 cm³/mol. The summed E-state index contributed by atoms with van der Waals surface area (Å²) >= 11 is 0. The monoisotopic (exact) mass is 284 g/mol. The highest BCUT2D eigenvalue weighted by Gasteiger charge is 2.27. The van der Waals surface area contributed by atoms with Crippen LogP contribution in [0.2, 0.25) is 0 Å². The van der Waals surface area contributed by atoms with Crippen LogP contribution in [0.3, 0.4) is 0 Å². The van der Waals surface area contributed by atoms with Gasteiger partial charge in [0.25, 0.3) is 0 Å². The lowest BCUT2D eigenvalue weighted by Crippen LogP contribution is -2.40. The summed E-state index contributed by atoms with van der Waals surface area (Å²) in [5.74, 6) is 0.0343. The van der Waals surface area contributed by atoms with Crippen LogP contribution in [0.1, 0.15) is 37.0 Å². The van der Waals surface area contributed by atoms with E-state index in [4.69, 9.17) is 0 Å². The van der Waals surface area contributed by atoms with Gasteiger partial charge in [-0.1, -0.05) is 19.9 Å². The Morgan fingerprint density at radius 1 is 1.29 bits per heavy atom. The molecule has 1 aliphatic heterocycles. The first-order chi connectivity index (χ1) is 9.96. The molecule has 4 heteroatoms. The highest BCUT2D eigenvalue weighted by molar-refractivity contribution is 6.02. The SMILES string of the molecule is CC1(C)CCCN(c2ccc3c(C(=O)O)cccc3n2)C1. The van der Waals surface area contributed by atoms with Crippen LogP contribution in [-0.4, -0.2) is 29.1 Å². The molecule has 0 spiro atoms. The van der Waals surface area contributed by atoms with Gasteiger partial charge >= 0.3 is 5.97 Å². The maximum absolute atomic E-state index is 11.2. The van der Waals surface area contributed by atoms with Crippen molar-refractivity contribution in [3.63, 3.8) is 0 Å². The minimum Gasteiger partial charge on any atom is -0.478 e. The predicted octanol–water partition coefficient (Wildman–Crippen LogP) is 3.56. The zero-order valence-corrected chi connectivity index (χ0v) is 12.5. The molecular formula is C17H20N2O2. The number of hydrogen-bond acceptors (Lipinski definition) is 3. The first kappa shape index (κ1) is 13.9. The summed E-state index contributed by atoms with van der Waals surface area (Å²) in [6.45, 7) is 6.57. The molecule has 1 aromatic carbocycles. The van der Waals surface area contributed by atoms with Gasteiger partial charge in [0.2, 0.25) is 0 Å². The van der Waals surface area contributed by atoms with Crippen molar-refractivity contribution in [2.24, 2.45) is 5.41 Å². The number of rotatable bonds is 2. The van der Waals surface area contributed by atoms with Crippen molar-refractivity contribution in [2.45, 2.75) is 26.7 Å². The van der Waals surface area contributed by atoms with Crippen LogP contribution < -0.4 is 4.90 Å². The summed E-state index contributed by atoms with van der Waals surface area (Å²) in [6, 6.07) is 9.07. The number of nitrogens with zero attached hydrogens (tertiary/aromatic N) is 2. The van der Waals surface area contributed by atoms with E-state index >= 15 is 0 Å². The molecule has 0 saturated carbocycles. The van der Waals surface area contributed by atoms with E-state index in [1.807, 2.05) is 18.2 Å². The van der Waals surface area contributed by atoms with Crippen molar-refractivity contribution in [3.8, 4) is 0 Å². The maximum Gasteiger partial charge on any atom is 0.336 e. The Labute approximate surface area is 124 Å². The van der Waals surface area contributed by atoms with Crippen LogP contribution in [0.4, 0.5) is 5.82 Å². The number of hydrogen-bond donors (Lipinski definition) is 1. The number of anilines is 1. The van der Waals surface area contributed by atoms with Gasteiger partial charge in [0.15, 0.2) is 0 Å². The molecule has 1 N–H and O–H groups in total. The fourth-order valence-corrected chi connectivity index (χ4v) is 3.13. The van der Waals surface area contributed by atoms with Gasteiger partial charge in [-0.3, -0.25) is 0 Å². The quantitative estimate of drug-likeness (QED) is 0.916. The summed E-state index contributed by atoms with van der Waals surface area (Å²) in [7, 11) is 0. The second-order valence-corrected chi connectivity index (χ2v) is 6.54. The van der Waals surface area contributed by atoms with Gasteiger partial charge in [-0.25, -0.2) is 9.78 Å². The molecule has 2 heterocycles. The van der Waals surface area contributed by atoms with Crippen LogP contribution in [0.15, 0.2) is 30.3 Å². The fraction of sp³-hybridized carbons (Fsp3) is 0.412. The van der Waals surface area contributed by atoms with Crippen LogP contribution in [-0.2, 0) is 0 Å². The van der Waals surface area contributed by atoms with E-state index in [1.165, 1.54) is 12.8 Å². The van der Waals surface area contributed by atoms with E-state index in [2.05, 4.69) is 23.7 Å². The summed E-state index contributed by atoms with van der Waals surface area (Å²) in [5.41, 5.74) is 1.36. The fourth-order valence-electron chi connectivity index (χ4n) is 3.13. The third-order valence-corrected chi connectivity index (χ3v) is 4.17. The Morgan fingerprint density at radius 3 is 2.81 bits per heavy atom. The van der Waals surface area contributed by atoms with Gasteiger partial charge in [0.05, 0.1) is 11.1 Å². The molecule has 4 nitrogen and oxygen atoms in total. The van der Waals surface area contributed by atoms with Crippen LogP contribution in [0.5, 0.6) is 0 Å². The largest absolute Gasteiger partial charge is 0.478 e. The zero-order valence-electron chi connectivity index (χ0n) is 12.5. The smallest absolute Gasteiger partial charge is 0.336 e. The van der Waals surface area contributed by atoms with Crippen LogP contribution in [0.25, 0.3) is 10.9 Å². The molecule has 1 saturated heterocycles. The van der Waals surface area contributed by atoms with Crippen LogP contribution in [0, 0.1) is 5.41 Å². The Bertz CT molecular complexity index is 694. The highest BCUT2D eigenvalue weighted by atomic mass is 16.4. The topological polar surface area (TPSA) is 53.4 Å². The second-order valence-electron chi connectivity index (χ2n) is 6.54. The number of piperidine rings is 1. The average molecular weight is 284 g/mol. The van der Waals surface area contributed by atoms with Gasteiger partial charge in [-0.2, -0.15) is 0 Å². The van der Waals surface area contributed by atoms with Gasteiger partial charge in [0.1, 0.15) is 5.82 Å². The molecule has 1 fully saturated rings. The highest BCUT2D eigenvalue weighted by Crippen LogP contribution is 2.31. The number of aromatic carboxylic acids is 1. The lowest BCUT2D eigenvalue weighted by molar-refractivity contribution is 0.0699. The Balaban J connectivity index is 2.00. The minimum atomic E-state index is -0.908. The Hall–Kier alpha value is -2.10. The first-order valence-electron chi connectivity index (χ1n) is 7.34. The molecular weight excluding hydrogens is 264 g/mol. The summed E-state index contributed by atoms with van der Waals surface area (Å²) in [4.78, 5) is 18.2. The van der Waals surface area contributed by atoms with Crippen molar-refractivity contribution in [2.75, 3.05) is 18.0 Å². The third kappa shape index (κ3) is 2.71. The van der Waals surface area contributed by atoms with E-state index in [0.29, 0.717) is 16.4 Å². The summed E-state index contributed by atoms with van der Waals surface area (Å²) in [5, 5.41) is 9.93. The molecule has 3 rings (SSSR count). The summed E-state index contributed by atoms with van der Waals surface area (Å²) in [6.07, 6.45) is 2.40. The van der Waals surface area contributed by atoms with Crippen molar-refractivity contribution < 1.29 is 9.90 Å². The lowest BCUT2D eigenvalue weighted by atomic mass is 9.84. The van der Waals surface area contributed by atoms with Gasteiger partial charge in [-0.05, 0) is 42.5 Å². The normalized spacial score (nSPS) is 17.9. The molecule has 0 bridgehead atoms. The summed E-state index contributed by atoms with van der Waals surface area (Å²) < 4.78 is 0. The van der Waals surface area contributed by atoms with E-state index in [9.17, 15) is 9.90 Å². The third-order valence-electron chi connectivity index (χ3n) is 4.17. The Kier molecular flexibility index (Phi) is 3.32. The second kappa shape index (κ2) is 5.02. The molecule has 2 aromatic rings. The van der Waals surface area contributed by atoms with Crippen LogP contribution >= 0.6 is 0 Å². The van der Waals surface area contributed by atoms with E-state index in [0.717, 1.165) is 24.4 Å². The van der Waals surface area contributed by atoms with E-state index in [-0.39, 0.29) is 0 Å². The lowest BCUT2D eigenvalue weighted by Gasteiger charge is -2.38. The van der Waals surface area contributed by atoms with Crippen molar-refractivity contribution in [1.29, 1.82) is 0 Å². The van der Waals surface area contributed by atoms with Crippen molar-refractivity contribution in [1.82, 2.24) is 4.98 Å². The van der Waals surface area contributed by atoms with Gasteiger partial charge < -0.3 is 10.0 Å². The maximum atomic E-state index is 11.2. The number of pyridine rings is 1. The number of carboxylic acids is 1. The first-order valence-corrected chi connectivity index (χ1v) is 7.34. The number of benzene rings is 1. The molecule has 1 aromatic heterocycles. The molecule has 1 aliphatic rings. The van der Waals surface area contributed by atoms with Crippen molar-refractivity contribution >= 4 is 22.7 Å². The zero-order chi connectivity index (χ0) is 15.0. The molecule has 0 atom stereocenters.